The van der Waals surface area contributed by atoms with Gasteiger partial charge >= 0.3 is 13.5 Å². The van der Waals surface area contributed by atoms with E-state index in [0.29, 0.717) is 0 Å². The molecule has 0 aromatic carbocycles. The van der Waals surface area contributed by atoms with E-state index in [9.17, 15) is 18.9 Å². The average molecular weight is 342 g/mol. The van der Waals surface area contributed by atoms with Crippen LogP contribution in [0.5, 0.6) is 0 Å². The van der Waals surface area contributed by atoms with Gasteiger partial charge in [-0.15, -0.1) is 0 Å². The quantitative estimate of drug-likeness (QED) is 0.437. The van der Waals surface area contributed by atoms with Gasteiger partial charge in [-0.2, -0.15) is 0 Å². The maximum absolute atomic E-state index is 13.4. The number of hydrogen-bond donors (Lipinski definition) is 4. The third-order valence-corrected chi connectivity index (χ3v) is 3.63. The van der Waals surface area contributed by atoms with Crippen LogP contribution in [-0.4, -0.2) is 43.3 Å². The Kier molecular flexibility index (Phi) is 4.73. The molecule has 1 saturated heterocycles. The highest BCUT2D eigenvalue weighted by molar-refractivity contribution is 7.71. The summed E-state index contributed by atoms with van der Waals surface area (Å²) in [6.45, 7) is -0.567. The fraction of sp³-hybridized carbons (Fsp3) is 0.556. The molecule has 1 aromatic heterocycles. The number of nitrogens with zero attached hydrogens (tertiary/aromatic N) is 1. The summed E-state index contributed by atoms with van der Waals surface area (Å²) in [6.07, 6.45) is -2.41. The third kappa shape index (κ3) is 4.04. The fourth-order valence-electron chi connectivity index (χ4n) is 1.88. The molecule has 21 heavy (non-hydrogen) atoms. The molecule has 0 aliphatic carbocycles. The van der Waals surface area contributed by atoms with Gasteiger partial charge in [0.2, 0.25) is 0 Å². The lowest BCUT2D eigenvalue weighted by molar-refractivity contribution is -0.0453. The number of halogens is 1. The molecular weight excluding hydrogens is 330 g/mol. The van der Waals surface area contributed by atoms with Crippen molar-refractivity contribution in [3.8, 4) is 0 Å². The second-order valence-electron chi connectivity index (χ2n) is 4.36. The van der Waals surface area contributed by atoms with E-state index in [1.165, 1.54) is 0 Å². The van der Waals surface area contributed by atoms with E-state index in [0.717, 1.165) is 10.8 Å². The summed E-state index contributed by atoms with van der Waals surface area (Å²) < 4.78 is 34.0. The van der Waals surface area contributed by atoms with Gasteiger partial charge in [0.05, 0.1) is 18.9 Å². The molecule has 0 saturated carbocycles. The van der Waals surface area contributed by atoms with E-state index >= 15 is 0 Å². The summed E-state index contributed by atoms with van der Waals surface area (Å²) in [6, 6.07) is 0. The summed E-state index contributed by atoms with van der Waals surface area (Å²) >= 11 is 4.56. The maximum atomic E-state index is 13.4. The van der Waals surface area contributed by atoms with Gasteiger partial charge in [0, 0.05) is 6.42 Å². The average Bonchev–Trinajstić information content (AvgIpc) is 2.72. The highest BCUT2D eigenvalue weighted by atomic mass is 32.1. The number of aliphatic hydroxyl groups excluding tert-OH is 1. The summed E-state index contributed by atoms with van der Waals surface area (Å²) in [5.41, 5.74) is -0.727. The Hall–Kier alpha value is -0.940. The molecule has 1 aromatic rings. The van der Waals surface area contributed by atoms with Gasteiger partial charge in [-0.25, -0.2) is 13.8 Å². The minimum Gasteiger partial charge on any atom is -0.390 e. The monoisotopic (exact) mass is 342 g/mol. The zero-order chi connectivity index (χ0) is 15.8. The van der Waals surface area contributed by atoms with Crippen LogP contribution < -0.4 is 5.69 Å². The van der Waals surface area contributed by atoms with Crippen LogP contribution in [0, 0.1) is 10.5 Å². The van der Waals surface area contributed by atoms with Gasteiger partial charge in [-0.1, -0.05) is 12.2 Å². The molecule has 0 spiro atoms. The Morgan fingerprint density at radius 1 is 1.62 bits per heavy atom. The first-order valence-electron chi connectivity index (χ1n) is 5.72. The molecule has 4 N–H and O–H groups in total. The van der Waals surface area contributed by atoms with Gasteiger partial charge in [0.25, 0.3) is 0 Å². The first-order chi connectivity index (χ1) is 9.67. The predicted molar refractivity (Wildman–Crippen MR) is 68.4 cm³/mol. The van der Waals surface area contributed by atoms with Gasteiger partial charge in [0.15, 0.2) is 5.82 Å². The minimum atomic E-state index is -4.70. The number of rotatable bonds is 4. The Balaban J connectivity index is 2.14. The number of hydrogen-bond acceptors (Lipinski definition) is 6. The normalized spacial score (nSPS) is 26.2. The zero-order valence-corrected chi connectivity index (χ0v) is 12.1. The smallest absolute Gasteiger partial charge is 0.390 e. The van der Waals surface area contributed by atoms with Crippen molar-refractivity contribution in [1.29, 1.82) is 0 Å². The number of nitrogens with one attached hydrogen (secondary N) is 1. The van der Waals surface area contributed by atoms with Crippen LogP contribution in [0.3, 0.4) is 0 Å². The standard InChI is InChI=1S/C9H12FN2O7PS/c10-4-2-12(9(14)11-8(4)21)7-1-5(13)6(19-7)3-18-20(15,16)17/h2,5-7,13H,1,3H2,(H,11,14,21)(H2,15,16,17)/t5-,6+,7+/m0/s1. The van der Waals surface area contributed by atoms with Crippen molar-refractivity contribution >= 4 is 20.0 Å². The number of H-pyrrole nitrogens is 1. The first-order valence-corrected chi connectivity index (χ1v) is 7.66. The molecule has 1 aliphatic heterocycles. The second-order valence-corrected chi connectivity index (χ2v) is 6.01. The van der Waals surface area contributed by atoms with Crippen LogP contribution in [0.15, 0.2) is 11.0 Å². The van der Waals surface area contributed by atoms with Crippen molar-refractivity contribution in [3.63, 3.8) is 0 Å². The highest BCUT2D eigenvalue weighted by Gasteiger charge is 2.37. The molecule has 118 valence electrons. The predicted octanol–water partition coefficient (Wildman–Crippen LogP) is -0.197. The summed E-state index contributed by atoms with van der Waals surface area (Å²) in [4.78, 5) is 30.9. The van der Waals surface area contributed by atoms with E-state index in [2.05, 4.69) is 21.7 Å². The zero-order valence-electron chi connectivity index (χ0n) is 10.4. The van der Waals surface area contributed by atoms with Crippen molar-refractivity contribution in [2.45, 2.75) is 24.9 Å². The van der Waals surface area contributed by atoms with Crippen molar-refractivity contribution in [3.05, 3.63) is 27.1 Å². The lowest BCUT2D eigenvalue weighted by Crippen LogP contribution is -2.28. The largest absolute Gasteiger partial charge is 0.469 e. The lowest BCUT2D eigenvalue weighted by atomic mass is 10.2. The van der Waals surface area contributed by atoms with Crippen LogP contribution in [0.1, 0.15) is 12.6 Å². The molecule has 1 fully saturated rings. The SMILES string of the molecule is O=c1[nH]c(=S)c(F)cn1[C@H]1C[C@H](O)[C@@H](COP(=O)(O)O)O1. The molecule has 2 rings (SSSR count). The fourth-order valence-corrected chi connectivity index (χ4v) is 2.36. The molecule has 3 atom stereocenters. The van der Waals surface area contributed by atoms with Gasteiger partial charge in [-0.3, -0.25) is 14.1 Å². The van der Waals surface area contributed by atoms with E-state index in [1.807, 2.05) is 0 Å². The van der Waals surface area contributed by atoms with Crippen LogP contribution >= 0.6 is 20.0 Å². The molecule has 2 heterocycles. The number of aliphatic hydroxyl groups is 1. The topological polar surface area (TPSA) is 134 Å². The third-order valence-electron chi connectivity index (χ3n) is 2.85. The molecule has 0 amide bonds. The van der Waals surface area contributed by atoms with Crippen molar-refractivity contribution in [1.82, 2.24) is 9.55 Å². The Morgan fingerprint density at radius 2 is 2.29 bits per heavy atom. The molecule has 9 nitrogen and oxygen atoms in total. The Labute approximate surface area is 122 Å². The highest BCUT2D eigenvalue weighted by Crippen LogP contribution is 2.38. The van der Waals surface area contributed by atoms with Crippen LogP contribution in [-0.2, 0) is 13.8 Å². The van der Waals surface area contributed by atoms with Crippen LogP contribution in [0.4, 0.5) is 4.39 Å². The lowest BCUT2D eigenvalue weighted by Gasteiger charge is -2.16. The van der Waals surface area contributed by atoms with Gasteiger partial charge in [-0.05, 0) is 0 Å². The Bertz CT molecular complexity index is 685. The van der Waals surface area contributed by atoms with E-state index in [-0.39, 0.29) is 11.1 Å². The molecule has 0 unspecified atom stereocenters. The van der Waals surface area contributed by atoms with E-state index in [4.69, 9.17) is 14.5 Å². The maximum Gasteiger partial charge on any atom is 0.469 e. The van der Waals surface area contributed by atoms with Crippen molar-refractivity contribution in [2.75, 3.05) is 6.61 Å². The molecule has 1 aliphatic rings. The Morgan fingerprint density at radius 3 is 2.90 bits per heavy atom. The van der Waals surface area contributed by atoms with Crippen molar-refractivity contribution in [2.24, 2.45) is 0 Å². The van der Waals surface area contributed by atoms with E-state index < -0.39 is 44.4 Å². The van der Waals surface area contributed by atoms with Crippen LogP contribution in [0.25, 0.3) is 0 Å². The number of phosphoric acid groups is 1. The summed E-state index contributed by atoms with van der Waals surface area (Å²) in [5, 5.41) is 9.73. The van der Waals surface area contributed by atoms with E-state index in [1.54, 1.807) is 0 Å². The molecule has 0 radical (unpaired) electrons. The first kappa shape index (κ1) is 16.4. The summed E-state index contributed by atoms with van der Waals surface area (Å²) in [5.74, 6) is -0.836. The number of ether oxygens (including phenoxy) is 1. The molecule has 0 bridgehead atoms. The van der Waals surface area contributed by atoms with Crippen molar-refractivity contribution < 1.29 is 33.1 Å². The van der Waals surface area contributed by atoms with Gasteiger partial charge < -0.3 is 19.6 Å². The number of aromatic amines is 1. The van der Waals surface area contributed by atoms with Gasteiger partial charge in [0.1, 0.15) is 17.0 Å². The molecule has 12 heteroatoms. The van der Waals surface area contributed by atoms with Crippen LogP contribution in [0.2, 0.25) is 0 Å². The second kappa shape index (κ2) is 6.05. The summed E-state index contributed by atoms with van der Waals surface area (Å²) in [7, 11) is -4.70. The number of aromatic nitrogens is 2. The minimum absolute atomic E-state index is 0.0703. The number of phosphoric ester groups is 1. The molecular formula is C9H12FN2O7PS.